The average molecular weight is 278 g/mol. The average Bonchev–Trinajstić information content (AvgIpc) is 2.38. The van der Waals surface area contributed by atoms with Gasteiger partial charge in [-0.3, -0.25) is 4.79 Å². The lowest BCUT2D eigenvalue weighted by Crippen LogP contribution is -2.55. The first-order valence-electron chi connectivity index (χ1n) is 7.19. The van der Waals surface area contributed by atoms with E-state index in [0.717, 1.165) is 24.9 Å². The van der Waals surface area contributed by atoms with Crippen molar-refractivity contribution in [1.82, 2.24) is 10.6 Å². The lowest BCUT2D eigenvalue weighted by atomic mass is 9.77. The van der Waals surface area contributed by atoms with Crippen molar-refractivity contribution in [3.8, 4) is 0 Å². The summed E-state index contributed by atoms with van der Waals surface area (Å²) < 4.78 is 12.9. The lowest BCUT2D eigenvalue weighted by molar-refractivity contribution is -0.127. The highest BCUT2D eigenvalue weighted by molar-refractivity contribution is 5.83. The molecule has 3 nitrogen and oxygen atoms in total. The first-order valence-corrected chi connectivity index (χ1v) is 7.19. The topological polar surface area (TPSA) is 41.1 Å². The van der Waals surface area contributed by atoms with Gasteiger partial charge in [-0.25, -0.2) is 4.39 Å². The van der Waals surface area contributed by atoms with Gasteiger partial charge in [-0.1, -0.05) is 26.0 Å². The largest absolute Gasteiger partial charge is 0.348 e. The second-order valence-corrected chi connectivity index (χ2v) is 6.26. The van der Waals surface area contributed by atoms with Crippen LogP contribution in [0.15, 0.2) is 24.3 Å². The number of piperidine rings is 1. The quantitative estimate of drug-likeness (QED) is 0.892. The number of nitrogens with one attached hydrogen (secondary N) is 2. The summed E-state index contributed by atoms with van der Waals surface area (Å²) >= 11 is 0. The SMILES string of the molecule is C[C@H](NC(=O)C1NCCCC1(C)C)c1ccc(F)cc1. The third-order valence-corrected chi connectivity index (χ3v) is 4.12. The van der Waals surface area contributed by atoms with E-state index in [0.29, 0.717) is 0 Å². The molecule has 2 rings (SSSR count). The van der Waals surface area contributed by atoms with Gasteiger partial charge in [0, 0.05) is 0 Å². The van der Waals surface area contributed by atoms with Crippen LogP contribution in [0, 0.1) is 11.2 Å². The third kappa shape index (κ3) is 3.37. The van der Waals surface area contributed by atoms with E-state index in [2.05, 4.69) is 24.5 Å². The Balaban J connectivity index is 2.01. The predicted molar refractivity (Wildman–Crippen MR) is 77.8 cm³/mol. The van der Waals surface area contributed by atoms with Gasteiger partial charge in [0.25, 0.3) is 0 Å². The van der Waals surface area contributed by atoms with Gasteiger partial charge in [-0.2, -0.15) is 0 Å². The molecule has 0 bridgehead atoms. The first-order chi connectivity index (χ1) is 9.40. The van der Waals surface area contributed by atoms with Gasteiger partial charge in [-0.05, 0) is 49.4 Å². The predicted octanol–water partition coefficient (Wildman–Crippen LogP) is 2.78. The Morgan fingerprint density at radius 3 is 2.65 bits per heavy atom. The second-order valence-electron chi connectivity index (χ2n) is 6.26. The van der Waals surface area contributed by atoms with E-state index in [1.807, 2.05) is 6.92 Å². The Kier molecular flexibility index (Phi) is 4.43. The van der Waals surface area contributed by atoms with Crippen LogP contribution >= 0.6 is 0 Å². The summed E-state index contributed by atoms with van der Waals surface area (Å²) in [6, 6.07) is 5.96. The lowest BCUT2D eigenvalue weighted by Gasteiger charge is -2.38. The van der Waals surface area contributed by atoms with E-state index in [1.165, 1.54) is 12.1 Å². The molecule has 1 aromatic carbocycles. The zero-order valence-corrected chi connectivity index (χ0v) is 12.4. The summed E-state index contributed by atoms with van der Waals surface area (Å²) in [4.78, 5) is 12.4. The normalized spacial score (nSPS) is 23.1. The molecule has 1 unspecified atom stereocenters. The maximum Gasteiger partial charge on any atom is 0.238 e. The highest BCUT2D eigenvalue weighted by atomic mass is 19.1. The van der Waals surface area contributed by atoms with Gasteiger partial charge in [0.05, 0.1) is 12.1 Å². The van der Waals surface area contributed by atoms with E-state index in [-0.39, 0.29) is 29.2 Å². The number of amides is 1. The fourth-order valence-corrected chi connectivity index (χ4v) is 2.79. The molecule has 2 atom stereocenters. The molecule has 2 N–H and O–H groups in total. The molecular weight excluding hydrogens is 255 g/mol. The van der Waals surface area contributed by atoms with Crippen LogP contribution in [0.1, 0.15) is 45.2 Å². The maximum atomic E-state index is 12.9. The Bertz CT molecular complexity index is 470. The number of hydrogen-bond donors (Lipinski definition) is 2. The minimum Gasteiger partial charge on any atom is -0.348 e. The summed E-state index contributed by atoms with van der Waals surface area (Å²) in [6.07, 6.45) is 2.15. The summed E-state index contributed by atoms with van der Waals surface area (Å²) in [5.41, 5.74) is 0.874. The zero-order chi connectivity index (χ0) is 14.8. The highest BCUT2D eigenvalue weighted by Gasteiger charge is 2.37. The zero-order valence-electron chi connectivity index (χ0n) is 12.4. The molecule has 0 aromatic heterocycles. The van der Waals surface area contributed by atoms with Crippen LogP contribution in [0.3, 0.4) is 0 Å². The van der Waals surface area contributed by atoms with Crippen molar-refractivity contribution in [3.63, 3.8) is 0 Å². The molecule has 1 amide bonds. The van der Waals surface area contributed by atoms with Crippen molar-refractivity contribution >= 4 is 5.91 Å². The Hall–Kier alpha value is -1.42. The molecule has 1 aliphatic rings. The summed E-state index contributed by atoms with van der Waals surface area (Å²) in [6.45, 7) is 7.03. The molecule has 0 aliphatic carbocycles. The number of hydrogen-bond acceptors (Lipinski definition) is 2. The number of halogens is 1. The van der Waals surface area contributed by atoms with Gasteiger partial charge in [0.1, 0.15) is 5.82 Å². The van der Waals surface area contributed by atoms with Crippen LogP contribution in [0.2, 0.25) is 0 Å². The number of benzene rings is 1. The molecule has 0 radical (unpaired) electrons. The highest BCUT2D eigenvalue weighted by Crippen LogP contribution is 2.30. The number of carbonyl (C=O) groups is 1. The molecule has 110 valence electrons. The molecule has 1 aromatic rings. The van der Waals surface area contributed by atoms with Crippen molar-refractivity contribution in [2.24, 2.45) is 5.41 Å². The summed E-state index contributed by atoms with van der Waals surface area (Å²) in [5.74, 6) is -0.242. The summed E-state index contributed by atoms with van der Waals surface area (Å²) in [5, 5.41) is 6.32. The molecule has 1 fully saturated rings. The van der Waals surface area contributed by atoms with E-state index in [4.69, 9.17) is 0 Å². The van der Waals surface area contributed by atoms with Crippen LogP contribution in [0.5, 0.6) is 0 Å². The molecular formula is C16H23FN2O. The van der Waals surface area contributed by atoms with E-state index >= 15 is 0 Å². The molecule has 4 heteroatoms. The Morgan fingerprint density at radius 1 is 1.40 bits per heavy atom. The fourth-order valence-electron chi connectivity index (χ4n) is 2.79. The Morgan fingerprint density at radius 2 is 2.05 bits per heavy atom. The van der Waals surface area contributed by atoms with E-state index in [9.17, 15) is 9.18 Å². The first kappa shape index (κ1) is 15.0. The van der Waals surface area contributed by atoms with Gasteiger partial charge in [0.15, 0.2) is 0 Å². The van der Waals surface area contributed by atoms with Gasteiger partial charge >= 0.3 is 0 Å². The fraction of sp³-hybridized carbons (Fsp3) is 0.562. The van der Waals surface area contributed by atoms with Gasteiger partial charge < -0.3 is 10.6 Å². The minimum atomic E-state index is -0.262. The third-order valence-electron chi connectivity index (χ3n) is 4.12. The molecule has 1 saturated heterocycles. The van der Waals surface area contributed by atoms with Crippen molar-refractivity contribution in [2.75, 3.05) is 6.54 Å². The van der Waals surface area contributed by atoms with Gasteiger partial charge in [0.2, 0.25) is 5.91 Å². The van der Waals surface area contributed by atoms with E-state index in [1.54, 1.807) is 12.1 Å². The van der Waals surface area contributed by atoms with Gasteiger partial charge in [-0.15, -0.1) is 0 Å². The number of carbonyl (C=O) groups excluding carboxylic acids is 1. The molecule has 1 heterocycles. The second kappa shape index (κ2) is 5.92. The molecule has 20 heavy (non-hydrogen) atoms. The van der Waals surface area contributed by atoms with Crippen LogP contribution in [0.25, 0.3) is 0 Å². The van der Waals surface area contributed by atoms with E-state index < -0.39 is 0 Å². The van der Waals surface area contributed by atoms with Crippen molar-refractivity contribution < 1.29 is 9.18 Å². The molecule has 1 aliphatic heterocycles. The smallest absolute Gasteiger partial charge is 0.238 e. The van der Waals surface area contributed by atoms with Crippen molar-refractivity contribution in [1.29, 1.82) is 0 Å². The standard InChI is InChI=1S/C16H23FN2O/c1-11(12-5-7-13(17)8-6-12)19-15(20)14-16(2,3)9-4-10-18-14/h5-8,11,14,18H,4,9-10H2,1-3H3,(H,19,20)/t11-,14?/m0/s1. The minimum absolute atomic E-state index is 0.0199. The van der Waals surface area contributed by atoms with Crippen LogP contribution in [-0.2, 0) is 4.79 Å². The number of rotatable bonds is 3. The monoisotopic (exact) mass is 278 g/mol. The maximum absolute atomic E-state index is 12.9. The van der Waals surface area contributed by atoms with Crippen molar-refractivity contribution in [2.45, 2.75) is 45.7 Å². The van der Waals surface area contributed by atoms with Crippen LogP contribution < -0.4 is 10.6 Å². The molecule has 0 saturated carbocycles. The van der Waals surface area contributed by atoms with Crippen LogP contribution in [-0.4, -0.2) is 18.5 Å². The molecule has 0 spiro atoms. The summed E-state index contributed by atoms with van der Waals surface area (Å²) in [7, 11) is 0. The van der Waals surface area contributed by atoms with Crippen LogP contribution in [0.4, 0.5) is 4.39 Å². The van der Waals surface area contributed by atoms with Crippen molar-refractivity contribution in [3.05, 3.63) is 35.6 Å². The Labute approximate surface area is 120 Å².